The molecule has 118 valence electrons. The monoisotopic (exact) mass is 290 g/mol. The Morgan fingerprint density at radius 2 is 1.86 bits per heavy atom. The van der Waals surface area contributed by atoms with Crippen LogP contribution in [0.1, 0.15) is 71.6 Å². The van der Waals surface area contributed by atoms with Crippen molar-refractivity contribution in [2.75, 3.05) is 0 Å². The minimum Gasteiger partial charge on any atom is -0.393 e. The Labute approximate surface area is 128 Å². The molecule has 0 saturated heterocycles. The summed E-state index contributed by atoms with van der Waals surface area (Å²) in [6.45, 7) is 4.75. The van der Waals surface area contributed by atoms with Gasteiger partial charge in [0.1, 0.15) is 0 Å². The minimum atomic E-state index is -0.434. The summed E-state index contributed by atoms with van der Waals surface area (Å²) in [5, 5.41) is 21.6. The Balaban J connectivity index is 1.73. The number of hydrogen-bond acceptors (Lipinski definition) is 2. The number of aliphatic hydroxyl groups is 2. The lowest BCUT2D eigenvalue weighted by molar-refractivity contribution is -0.168. The van der Waals surface area contributed by atoms with Crippen LogP contribution in [0.5, 0.6) is 0 Å². The summed E-state index contributed by atoms with van der Waals surface area (Å²) >= 11 is 0. The van der Waals surface area contributed by atoms with Gasteiger partial charge in [-0.15, -0.1) is 0 Å². The molecular formula is C19H30O2. The Hall–Kier alpha value is -0.340. The van der Waals surface area contributed by atoms with Crippen molar-refractivity contribution in [3.8, 4) is 0 Å². The molecule has 0 aliphatic heterocycles. The molecule has 0 unspecified atom stereocenters. The van der Waals surface area contributed by atoms with Crippen molar-refractivity contribution in [1.29, 1.82) is 0 Å². The lowest BCUT2D eigenvalue weighted by atomic mass is 9.46. The van der Waals surface area contributed by atoms with E-state index in [1.807, 2.05) is 0 Å². The molecule has 0 heterocycles. The van der Waals surface area contributed by atoms with Gasteiger partial charge in [0.25, 0.3) is 0 Å². The molecule has 0 aromatic heterocycles. The van der Waals surface area contributed by atoms with Crippen LogP contribution in [0, 0.1) is 22.7 Å². The van der Waals surface area contributed by atoms with Crippen LogP contribution in [-0.2, 0) is 0 Å². The van der Waals surface area contributed by atoms with Crippen LogP contribution in [0.3, 0.4) is 0 Å². The maximum Gasteiger partial charge on any atom is 0.0735 e. The van der Waals surface area contributed by atoms with Gasteiger partial charge in [-0.05, 0) is 80.5 Å². The van der Waals surface area contributed by atoms with Gasteiger partial charge in [0, 0.05) is 0 Å². The molecule has 0 spiro atoms. The molecule has 2 nitrogen and oxygen atoms in total. The van der Waals surface area contributed by atoms with Crippen molar-refractivity contribution < 1.29 is 10.2 Å². The van der Waals surface area contributed by atoms with Gasteiger partial charge >= 0.3 is 0 Å². The highest BCUT2D eigenvalue weighted by atomic mass is 16.3. The summed E-state index contributed by atoms with van der Waals surface area (Å²) in [7, 11) is 0. The van der Waals surface area contributed by atoms with Gasteiger partial charge in [0.05, 0.1) is 11.7 Å². The molecule has 2 N–H and O–H groups in total. The molecule has 0 bridgehead atoms. The van der Waals surface area contributed by atoms with Gasteiger partial charge in [0.15, 0.2) is 0 Å². The largest absolute Gasteiger partial charge is 0.393 e. The van der Waals surface area contributed by atoms with Crippen LogP contribution >= 0.6 is 0 Å². The van der Waals surface area contributed by atoms with Crippen LogP contribution in [0.25, 0.3) is 0 Å². The lowest BCUT2D eigenvalue weighted by Crippen LogP contribution is -2.59. The normalized spacial score (nSPS) is 56.2. The third kappa shape index (κ3) is 1.72. The highest BCUT2D eigenvalue weighted by Gasteiger charge is 2.63. The zero-order valence-corrected chi connectivity index (χ0v) is 13.6. The molecule has 0 aromatic carbocycles. The molecule has 0 aromatic rings. The molecule has 6 atom stereocenters. The summed E-state index contributed by atoms with van der Waals surface area (Å²) in [6.07, 6.45) is 12.1. The van der Waals surface area contributed by atoms with Crippen LogP contribution in [0.15, 0.2) is 11.6 Å². The van der Waals surface area contributed by atoms with Crippen molar-refractivity contribution in [3.63, 3.8) is 0 Å². The van der Waals surface area contributed by atoms with Crippen molar-refractivity contribution in [2.24, 2.45) is 22.7 Å². The lowest BCUT2D eigenvalue weighted by Gasteiger charge is -2.60. The van der Waals surface area contributed by atoms with E-state index in [0.29, 0.717) is 11.8 Å². The number of allylic oxidation sites excluding steroid dienone is 1. The molecule has 0 amide bonds. The van der Waals surface area contributed by atoms with Crippen molar-refractivity contribution in [2.45, 2.75) is 83.3 Å². The van der Waals surface area contributed by atoms with Crippen LogP contribution in [-0.4, -0.2) is 21.9 Å². The highest BCUT2D eigenvalue weighted by molar-refractivity contribution is 5.27. The molecule has 2 heteroatoms. The summed E-state index contributed by atoms with van der Waals surface area (Å²) in [6, 6.07) is 0. The average Bonchev–Trinajstić information content (AvgIpc) is 2.75. The second-order valence-corrected chi connectivity index (χ2v) is 8.87. The van der Waals surface area contributed by atoms with E-state index in [1.54, 1.807) is 0 Å². The first kappa shape index (κ1) is 14.3. The molecule has 4 aliphatic carbocycles. The predicted octanol–water partition coefficient (Wildman–Crippen LogP) is 3.82. The first-order valence-electron chi connectivity index (χ1n) is 8.99. The number of fused-ring (bicyclic) bond motifs is 5. The fourth-order valence-electron chi connectivity index (χ4n) is 6.60. The second kappa shape index (κ2) is 4.35. The maximum atomic E-state index is 11.5. The Kier molecular flexibility index (Phi) is 2.96. The summed E-state index contributed by atoms with van der Waals surface area (Å²) < 4.78 is 0. The minimum absolute atomic E-state index is 0.135. The first-order chi connectivity index (χ1) is 9.89. The van der Waals surface area contributed by atoms with E-state index in [0.717, 1.165) is 32.1 Å². The van der Waals surface area contributed by atoms with Gasteiger partial charge < -0.3 is 10.2 Å². The molecule has 3 saturated carbocycles. The third-order valence-electron chi connectivity index (χ3n) is 8.06. The van der Waals surface area contributed by atoms with Gasteiger partial charge in [-0.2, -0.15) is 0 Å². The van der Waals surface area contributed by atoms with Gasteiger partial charge in [-0.25, -0.2) is 0 Å². The molecule has 3 fully saturated rings. The second-order valence-electron chi connectivity index (χ2n) is 8.87. The Morgan fingerprint density at radius 3 is 2.67 bits per heavy atom. The fraction of sp³-hybridized carbons (Fsp3) is 0.895. The predicted molar refractivity (Wildman–Crippen MR) is 83.8 cm³/mol. The fourth-order valence-corrected chi connectivity index (χ4v) is 6.60. The zero-order valence-electron chi connectivity index (χ0n) is 13.6. The highest BCUT2D eigenvalue weighted by Crippen LogP contribution is 2.66. The van der Waals surface area contributed by atoms with Gasteiger partial charge in [-0.3, -0.25) is 0 Å². The van der Waals surface area contributed by atoms with E-state index in [2.05, 4.69) is 19.9 Å². The number of rotatable bonds is 0. The van der Waals surface area contributed by atoms with E-state index in [9.17, 15) is 10.2 Å². The third-order valence-corrected chi connectivity index (χ3v) is 8.06. The maximum absolute atomic E-state index is 11.5. The van der Waals surface area contributed by atoms with E-state index < -0.39 is 5.60 Å². The first-order valence-corrected chi connectivity index (χ1v) is 8.99. The van der Waals surface area contributed by atoms with E-state index in [1.165, 1.54) is 31.3 Å². The van der Waals surface area contributed by atoms with Crippen LogP contribution in [0.4, 0.5) is 0 Å². The average molecular weight is 290 g/mol. The Bertz CT molecular complexity index is 484. The number of aliphatic hydroxyl groups excluding tert-OH is 1. The summed E-state index contributed by atoms with van der Waals surface area (Å²) in [4.78, 5) is 0. The van der Waals surface area contributed by atoms with Gasteiger partial charge in [-0.1, -0.05) is 25.5 Å². The van der Waals surface area contributed by atoms with E-state index in [-0.39, 0.29) is 16.9 Å². The zero-order chi connectivity index (χ0) is 14.9. The molecule has 4 rings (SSSR count). The smallest absolute Gasteiger partial charge is 0.0735 e. The quantitative estimate of drug-likeness (QED) is 0.666. The molecule has 21 heavy (non-hydrogen) atoms. The van der Waals surface area contributed by atoms with Crippen LogP contribution < -0.4 is 0 Å². The van der Waals surface area contributed by atoms with Crippen LogP contribution in [0.2, 0.25) is 0 Å². The molecular weight excluding hydrogens is 260 g/mol. The van der Waals surface area contributed by atoms with Crippen molar-refractivity contribution >= 4 is 0 Å². The Morgan fingerprint density at radius 1 is 1.05 bits per heavy atom. The topological polar surface area (TPSA) is 40.5 Å². The standard InChI is InChI=1S/C19H30O2/c1-17-8-3-9-19(17,21)16-5-4-13-12-14(20)6-11-18(13,2)15(16)7-10-17/h4,14-16,20-21H,3,5-12H2,1-2H3/t14-,15+,16-,17+,18+,19-/m1/s1. The van der Waals surface area contributed by atoms with E-state index >= 15 is 0 Å². The summed E-state index contributed by atoms with van der Waals surface area (Å²) in [5.74, 6) is 1.07. The molecule has 4 aliphatic rings. The van der Waals surface area contributed by atoms with E-state index in [4.69, 9.17) is 0 Å². The van der Waals surface area contributed by atoms with Gasteiger partial charge in [0.2, 0.25) is 0 Å². The summed E-state index contributed by atoms with van der Waals surface area (Å²) in [5.41, 5.74) is 1.45. The SMILES string of the molecule is C[C@@]12CCC[C@@]1(O)[C@@H]1CC=C3C[C@H](O)CC[C@]3(C)[C@H]1CC2. The molecule has 0 radical (unpaired) electrons. The van der Waals surface area contributed by atoms with Crippen molar-refractivity contribution in [1.82, 2.24) is 0 Å². The van der Waals surface area contributed by atoms with Crippen molar-refractivity contribution in [3.05, 3.63) is 11.6 Å². The number of hydrogen-bond donors (Lipinski definition) is 2.